The molecule has 1 aliphatic heterocycles. The van der Waals surface area contributed by atoms with E-state index in [4.69, 9.17) is 4.74 Å². The number of amides is 1. The fourth-order valence-electron chi connectivity index (χ4n) is 2.05. The van der Waals surface area contributed by atoms with Gasteiger partial charge in [0.05, 0.1) is 6.54 Å². The maximum absolute atomic E-state index is 11.9. The first kappa shape index (κ1) is 12.8. The first-order valence-electron chi connectivity index (χ1n) is 6.37. The molecule has 18 heavy (non-hydrogen) atoms. The molecular weight excluding hydrogens is 230 g/mol. The molecule has 0 aliphatic carbocycles. The number of carbonyl (C=O) groups is 1. The monoisotopic (exact) mass is 249 g/mol. The van der Waals surface area contributed by atoms with Gasteiger partial charge in [-0.1, -0.05) is 13.8 Å². The van der Waals surface area contributed by atoms with Crippen LogP contribution in [0, 0.1) is 5.92 Å². The Kier molecular flexibility index (Phi) is 4.12. The lowest BCUT2D eigenvalue weighted by molar-refractivity contribution is -0.131. The van der Waals surface area contributed by atoms with Gasteiger partial charge in [0.25, 0.3) is 0 Å². The highest BCUT2D eigenvalue weighted by Crippen LogP contribution is 2.17. The fraction of sp³-hybridized carbons (Fsp3) is 0.615. The second-order valence-corrected chi connectivity index (χ2v) is 5.03. The SMILES string of the molecule is CC(C)CC(=O)N1CCC(Oc2cccnn2)C1. The minimum atomic E-state index is 0.0396. The zero-order chi connectivity index (χ0) is 13.0. The number of hydrogen-bond acceptors (Lipinski definition) is 4. The third-order valence-electron chi connectivity index (χ3n) is 2.92. The van der Waals surface area contributed by atoms with Crippen LogP contribution in [0.3, 0.4) is 0 Å². The van der Waals surface area contributed by atoms with E-state index in [1.165, 1.54) is 0 Å². The second-order valence-electron chi connectivity index (χ2n) is 5.03. The van der Waals surface area contributed by atoms with Crippen molar-refractivity contribution in [2.24, 2.45) is 5.92 Å². The second kappa shape index (κ2) is 5.80. The molecule has 1 aromatic heterocycles. The number of nitrogens with zero attached hydrogens (tertiary/aromatic N) is 3. The Balaban J connectivity index is 1.83. The first-order chi connectivity index (χ1) is 8.65. The lowest BCUT2D eigenvalue weighted by Gasteiger charge is -2.17. The number of likely N-dealkylation sites (tertiary alicyclic amines) is 1. The molecule has 1 aromatic rings. The van der Waals surface area contributed by atoms with E-state index in [9.17, 15) is 4.79 Å². The van der Waals surface area contributed by atoms with Crippen LogP contribution >= 0.6 is 0 Å². The fourth-order valence-corrected chi connectivity index (χ4v) is 2.05. The van der Waals surface area contributed by atoms with Crippen LogP contribution in [-0.2, 0) is 4.79 Å². The van der Waals surface area contributed by atoms with Crippen LogP contribution < -0.4 is 4.74 Å². The van der Waals surface area contributed by atoms with E-state index in [1.807, 2.05) is 4.90 Å². The minimum absolute atomic E-state index is 0.0396. The molecule has 2 rings (SSSR count). The van der Waals surface area contributed by atoms with E-state index in [-0.39, 0.29) is 12.0 Å². The summed E-state index contributed by atoms with van der Waals surface area (Å²) >= 11 is 0. The van der Waals surface area contributed by atoms with E-state index in [1.54, 1.807) is 18.3 Å². The van der Waals surface area contributed by atoms with Crippen molar-refractivity contribution in [3.8, 4) is 5.88 Å². The van der Waals surface area contributed by atoms with Crippen molar-refractivity contribution in [3.05, 3.63) is 18.3 Å². The number of hydrogen-bond donors (Lipinski definition) is 0. The van der Waals surface area contributed by atoms with Crippen molar-refractivity contribution in [2.75, 3.05) is 13.1 Å². The van der Waals surface area contributed by atoms with Gasteiger partial charge in [-0.25, -0.2) is 0 Å². The summed E-state index contributed by atoms with van der Waals surface area (Å²) in [6.07, 6.45) is 3.12. The van der Waals surface area contributed by atoms with E-state index in [2.05, 4.69) is 24.0 Å². The standard InChI is InChI=1S/C13H19N3O2/c1-10(2)8-13(17)16-7-5-11(9-16)18-12-4-3-6-14-15-12/h3-4,6,10-11H,5,7-9H2,1-2H3. The molecule has 1 atom stereocenters. The van der Waals surface area contributed by atoms with Crippen LogP contribution in [0.2, 0.25) is 0 Å². The molecule has 1 saturated heterocycles. The summed E-state index contributed by atoms with van der Waals surface area (Å²) in [5, 5.41) is 7.65. The van der Waals surface area contributed by atoms with Crippen LogP contribution in [0.4, 0.5) is 0 Å². The summed E-state index contributed by atoms with van der Waals surface area (Å²) in [6, 6.07) is 3.57. The first-order valence-corrected chi connectivity index (χ1v) is 6.37. The van der Waals surface area contributed by atoms with Crippen molar-refractivity contribution in [3.63, 3.8) is 0 Å². The summed E-state index contributed by atoms with van der Waals surface area (Å²) in [5.74, 6) is 1.15. The molecule has 0 aromatic carbocycles. The van der Waals surface area contributed by atoms with E-state index >= 15 is 0 Å². The van der Waals surface area contributed by atoms with Gasteiger partial charge in [0.1, 0.15) is 6.10 Å². The van der Waals surface area contributed by atoms with Crippen LogP contribution in [0.25, 0.3) is 0 Å². The highest BCUT2D eigenvalue weighted by atomic mass is 16.5. The molecule has 98 valence electrons. The zero-order valence-electron chi connectivity index (χ0n) is 10.9. The largest absolute Gasteiger partial charge is 0.471 e. The number of rotatable bonds is 4. The van der Waals surface area contributed by atoms with Gasteiger partial charge >= 0.3 is 0 Å². The Bertz CT molecular complexity index is 394. The predicted octanol–water partition coefficient (Wildman–Crippen LogP) is 1.50. The molecule has 1 amide bonds. The molecule has 1 fully saturated rings. The number of carbonyl (C=O) groups excluding carboxylic acids is 1. The van der Waals surface area contributed by atoms with Gasteiger partial charge in [-0.2, -0.15) is 5.10 Å². The Morgan fingerprint density at radius 2 is 2.44 bits per heavy atom. The molecular formula is C13H19N3O2. The normalized spacial score (nSPS) is 19.3. The Labute approximate surface area is 107 Å². The molecule has 5 heteroatoms. The molecule has 1 unspecified atom stereocenters. The Morgan fingerprint density at radius 3 is 3.11 bits per heavy atom. The molecule has 2 heterocycles. The van der Waals surface area contributed by atoms with Crippen LogP contribution in [-0.4, -0.2) is 40.2 Å². The lowest BCUT2D eigenvalue weighted by atomic mass is 10.1. The molecule has 0 radical (unpaired) electrons. The smallest absolute Gasteiger partial charge is 0.233 e. The van der Waals surface area contributed by atoms with Crippen molar-refractivity contribution < 1.29 is 9.53 Å². The maximum Gasteiger partial charge on any atom is 0.233 e. The molecule has 0 N–H and O–H groups in total. The van der Waals surface area contributed by atoms with E-state index in [0.29, 0.717) is 24.8 Å². The van der Waals surface area contributed by atoms with Gasteiger partial charge in [0.2, 0.25) is 11.8 Å². The van der Waals surface area contributed by atoms with Crippen molar-refractivity contribution in [1.82, 2.24) is 15.1 Å². The Morgan fingerprint density at radius 1 is 1.61 bits per heavy atom. The topological polar surface area (TPSA) is 55.3 Å². The zero-order valence-corrected chi connectivity index (χ0v) is 10.9. The summed E-state index contributed by atoms with van der Waals surface area (Å²) in [4.78, 5) is 13.8. The van der Waals surface area contributed by atoms with Gasteiger partial charge < -0.3 is 9.64 Å². The number of ether oxygens (including phenoxy) is 1. The average Bonchev–Trinajstić information content (AvgIpc) is 2.78. The summed E-state index contributed by atoms with van der Waals surface area (Å²) in [6.45, 7) is 5.54. The summed E-state index contributed by atoms with van der Waals surface area (Å²) < 4.78 is 5.69. The van der Waals surface area contributed by atoms with Crippen LogP contribution in [0.5, 0.6) is 5.88 Å². The molecule has 0 spiro atoms. The maximum atomic E-state index is 11.9. The lowest BCUT2D eigenvalue weighted by Crippen LogP contribution is -2.31. The van der Waals surface area contributed by atoms with Crippen molar-refractivity contribution in [2.45, 2.75) is 32.8 Å². The van der Waals surface area contributed by atoms with Gasteiger partial charge in [-0.05, 0) is 12.0 Å². The van der Waals surface area contributed by atoms with Crippen molar-refractivity contribution in [1.29, 1.82) is 0 Å². The molecule has 1 aliphatic rings. The third kappa shape index (κ3) is 3.42. The highest BCUT2D eigenvalue weighted by Gasteiger charge is 2.27. The Hall–Kier alpha value is -1.65. The number of aromatic nitrogens is 2. The quantitative estimate of drug-likeness (QED) is 0.811. The van der Waals surface area contributed by atoms with Crippen molar-refractivity contribution >= 4 is 5.91 Å². The summed E-state index contributed by atoms with van der Waals surface area (Å²) in [5.41, 5.74) is 0. The van der Waals surface area contributed by atoms with Crippen LogP contribution in [0.1, 0.15) is 26.7 Å². The van der Waals surface area contributed by atoms with Gasteiger partial charge in [0, 0.05) is 31.6 Å². The highest BCUT2D eigenvalue weighted by molar-refractivity contribution is 5.76. The molecule has 5 nitrogen and oxygen atoms in total. The van der Waals surface area contributed by atoms with E-state index in [0.717, 1.165) is 13.0 Å². The predicted molar refractivity (Wildman–Crippen MR) is 67.1 cm³/mol. The van der Waals surface area contributed by atoms with Gasteiger partial charge in [-0.15, -0.1) is 5.10 Å². The molecule has 0 saturated carbocycles. The van der Waals surface area contributed by atoms with Gasteiger partial charge in [0.15, 0.2) is 0 Å². The third-order valence-corrected chi connectivity index (χ3v) is 2.92. The summed E-state index contributed by atoms with van der Waals surface area (Å²) in [7, 11) is 0. The molecule has 0 bridgehead atoms. The minimum Gasteiger partial charge on any atom is -0.471 e. The van der Waals surface area contributed by atoms with Gasteiger partial charge in [-0.3, -0.25) is 4.79 Å². The van der Waals surface area contributed by atoms with E-state index < -0.39 is 0 Å². The average molecular weight is 249 g/mol. The van der Waals surface area contributed by atoms with Crippen LogP contribution in [0.15, 0.2) is 18.3 Å².